The van der Waals surface area contributed by atoms with Gasteiger partial charge in [0.2, 0.25) is 0 Å². The van der Waals surface area contributed by atoms with Gasteiger partial charge in [-0.2, -0.15) is 5.10 Å². The number of amides is 1. The van der Waals surface area contributed by atoms with Crippen molar-refractivity contribution in [2.45, 2.75) is 25.8 Å². The van der Waals surface area contributed by atoms with E-state index < -0.39 is 0 Å². The third-order valence-corrected chi connectivity index (χ3v) is 5.73. The van der Waals surface area contributed by atoms with Crippen LogP contribution < -0.4 is 9.47 Å². The number of aromatic amines is 1. The second-order valence-electron chi connectivity index (χ2n) is 7.75. The molecule has 0 spiro atoms. The van der Waals surface area contributed by atoms with Crippen LogP contribution in [0.5, 0.6) is 11.5 Å². The number of rotatable bonds is 10. The number of carbonyl (C=O) groups is 1. The van der Waals surface area contributed by atoms with E-state index in [1.807, 2.05) is 53.4 Å². The van der Waals surface area contributed by atoms with E-state index in [2.05, 4.69) is 17.1 Å². The molecule has 1 atom stereocenters. The molecule has 0 radical (unpaired) electrons. The summed E-state index contributed by atoms with van der Waals surface area (Å²) in [5, 5.41) is 7.48. The van der Waals surface area contributed by atoms with E-state index in [9.17, 15) is 4.79 Å². The van der Waals surface area contributed by atoms with Gasteiger partial charge in [-0.3, -0.25) is 9.89 Å². The second-order valence-corrected chi connectivity index (χ2v) is 7.75. The van der Waals surface area contributed by atoms with Crippen molar-refractivity contribution in [2.75, 3.05) is 34.0 Å². The zero-order valence-electron chi connectivity index (χ0n) is 18.8. The van der Waals surface area contributed by atoms with E-state index in [0.717, 1.165) is 46.7 Å². The number of ether oxygens (including phenoxy) is 3. The first-order chi connectivity index (χ1) is 15.7. The number of methoxy groups -OCH3 is 2. The molecule has 4 rings (SSSR count). The molecule has 0 fully saturated rings. The number of fused-ring (bicyclic) bond motifs is 1. The van der Waals surface area contributed by atoms with Gasteiger partial charge in [-0.1, -0.05) is 25.5 Å². The molecule has 0 saturated carbocycles. The number of aromatic nitrogens is 2. The molecule has 2 aromatic carbocycles. The third kappa shape index (κ3) is 4.21. The van der Waals surface area contributed by atoms with Crippen molar-refractivity contribution in [3.05, 3.63) is 65.4 Å². The lowest BCUT2D eigenvalue weighted by Crippen LogP contribution is -2.32. The van der Waals surface area contributed by atoms with Gasteiger partial charge in [0, 0.05) is 24.8 Å². The minimum Gasteiger partial charge on any atom is -0.497 e. The number of unbranched alkanes of at least 4 members (excludes halogenated alkanes) is 1. The summed E-state index contributed by atoms with van der Waals surface area (Å²) < 4.78 is 16.4. The van der Waals surface area contributed by atoms with Gasteiger partial charge in [0.05, 0.1) is 32.1 Å². The number of carbonyl (C=O) groups excluding carboxylic acids is 1. The van der Waals surface area contributed by atoms with E-state index in [0.29, 0.717) is 25.5 Å². The molecule has 7 heteroatoms. The Morgan fingerprint density at radius 1 is 1.00 bits per heavy atom. The van der Waals surface area contributed by atoms with E-state index in [1.54, 1.807) is 14.2 Å². The molecule has 168 valence electrons. The summed E-state index contributed by atoms with van der Waals surface area (Å²) in [6.07, 6.45) is 2.11. The average Bonchev–Trinajstić information content (AvgIpc) is 3.37. The quantitative estimate of drug-likeness (QED) is 0.476. The van der Waals surface area contributed by atoms with Gasteiger partial charge in [-0.25, -0.2) is 0 Å². The fraction of sp³-hybridized carbons (Fsp3) is 0.360. The Balaban J connectivity index is 1.71. The number of nitrogens with zero attached hydrogens (tertiary/aromatic N) is 2. The van der Waals surface area contributed by atoms with Crippen molar-refractivity contribution in [1.82, 2.24) is 15.1 Å². The number of hydrogen-bond donors (Lipinski definition) is 1. The maximum absolute atomic E-state index is 13.2. The maximum atomic E-state index is 13.2. The molecule has 1 amide bonds. The first-order valence-electron chi connectivity index (χ1n) is 10.9. The fourth-order valence-electron chi connectivity index (χ4n) is 4.01. The van der Waals surface area contributed by atoms with Crippen LogP contribution in [0.2, 0.25) is 0 Å². The summed E-state index contributed by atoms with van der Waals surface area (Å²) in [6.45, 7) is 3.78. The van der Waals surface area contributed by atoms with Crippen molar-refractivity contribution in [3.63, 3.8) is 0 Å². The molecule has 3 aromatic rings. The van der Waals surface area contributed by atoms with Crippen LogP contribution in [-0.2, 0) is 4.74 Å². The molecule has 1 aromatic heterocycles. The Morgan fingerprint density at radius 2 is 1.72 bits per heavy atom. The van der Waals surface area contributed by atoms with Crippen molar-refractivity contribution in [1.29, 1.82) is 0 Å². The Labute approximate surface area is 188 Å². The van der Waals surface area contributed by atoms with Gasteiger partial charge in [0.1, 0.15) is 17.2 Å². The normalized spacial score (nSPS) is 15.2. The van der Waals surface area contributed by atoms with Crippen LogP contribution in [0.15, 0.2) is 48.5 Å². The first-order valence-corrected chi connectivity index (χ1v) is 10.9. The van der Waals surface area contributed by atoms with Gasteiger partial charge < -0.3 is 19.1 Å². The lowest BCUT2D eigenvalue weighted by Gasteiger charge is -2.26. The highest BCUT2D eigenvalue weighted by molar-refractivity contribution is 6.00. The highest BCUT2D eigenvalue weighted by Gasteiger charge is 2.41. The second kappa shape index (κ2) is 9.87. The van der Waals surface area contributed by atoms with Crippen molar-refractivity contribution in [2.24, 2.45) is 0 Å². The molecule has 1 aliphatic rings. The zero-order valence-corrected chi connectivity index (χ0v) is 18.8. The zero-order chi connectivity index (χ0) is 22.5. The van der Waals surface area contributed by atoms with E-state index >= 15 is 0 Å². The summed E-state index contributed by atoms with van der Waals surface area (Å²) in [5.41, 5.74) is 4.11. The van der Waals surface area contributed by atoms with E-state index in [-0.39, 0.29) is 11.9 Å². The SMILES string of the molecule is CCCCOc1ccc(C2c3c(-c4ccc(OC)cc4)n[nH]c3C(=O)N2CCOC)cc1. The largest absolute Gasteiger partial charge is 0.497 e. The molecule has 2 heterocycles. The monoisotopic (exact) mass is 435 g/mol. The molecule has 1 unspecified atom stereocenters. The Morgan fingerprint density at radius 3 is 2.38 bits per heavy atom. The van der Waals surface area contributed by atoms with Crippen LogP contribution in [-0.4, -0.2) is 55.0 Å². The van der Waals surface area contributed by atoms with Crippen LogP contribution in [0.1, 0.15) is 47.4 Å². The number of hydrogen-bond acceptors (Lipinski definition) is 5. The predicted octanol–water partition coefficient (Wildman–Crippen LogP) is 4.46. The molecule has 32 heavy (non-hydrogen) atoms. The predicted molar refractivity (Wildman–Crippen MR) is 122 cm³/mol. The minimum atomic E-state index is -0.256. The topological polar surface area (TPSA) is 76.7 Å². The van der Waals surface area contributed by atoms with E-state index in [1.165, 1.54) is 0 Å². The number of H-pyrrole nitrogens is 1. The lowest BCUT2D eigenvalue weighted by atomic mass is 9.96. The van der Waals surface area contributed by atoms with Gasteiger partial charge in [0.25, 0.3) is 5.91 Å². The smallest absolute Gasteiger partial charge is 0.273 e. The number of nitrogens with one attached hydrogen (secondary N) is 1. The summed E-state index contributed by atoms with van der Waals surface area (Å²) in [6, 6.07) is 15.4. The van der Waals surface area contributed by atoms with Crippen LogP contribution in [0.25, 0.3) is 11.3 Å². The molecule has 0 bridgehead atoms. The third-order valence-electron chi connectivity index (χ3n) is 5.73. The lowest BCUT2D eigenvalue weighted by molar-refractivity contribution is 0.0677. The van der Waals surface area contributed by atoms with Gasteiger partial charge in [-0.05, 0) is 48.4 Å². The Kier molecular flexibility index (Phi) is 6.75. The maximum Gasteiger partial charge on any atom is 0.273 e. The van der Waals surface area contributed by atoms with Gasteiger partial charge in [-0.15, -0.1) is 0 Å². The van der Waals surface area contributed by atoms with Crippen LogP contribution in [0.3, 0.4) is 0 Å². The van der Waals surface area contributed by atoms with Gasteiger partial charge >= 0.3 is 0 Å². The summed E-state index contributed by atoms with van der Waals surface area (Å²) in [7, 11) is 3.28. The first kappa shape index (κ1) is 21.9. The molecule has 7 nitrogen and oxygen atoms in total. The summed E-state index contributed by atoms with van der Waals surface area (Å²) >= 11 is 0. The Hall–Kier alpha value is -3.32. The molecular weight excluding hydrogens is 406 g/mol. The summed E-state index contributed by atoms with van der Waals surface area (Å²) in [4.78, 5) is 15.1. The van der Waals surface area contributed by atoms with E-state index in [4.69, 9.17) is 14.2 Å². The Bertz CT molecular complexity index is 1040. The van der Waals surface area contributed by atoms with Crippen molar-refractivity contribution < 1.29 is 19.0 Å². The molecular formula is C25H29N3O4. The highest BCUT2D eigenvalue weighted by Crippen LogP contribution is 2.43. The van der Waals surface area contributed by atoms with Gasteiger partial charge in [0.15, 0.2) is 0 Å². The fourth-order valence-corrected chi connectivity index (χ4v) is 4.01. The standard InChI is InChI=1S/C25H29N3O4/c1-4-5-15-32-20-12-8-18(9-13-20)24-21-22(17-6-10-19(31-3)11-7-17)26-27-23(21)25(29)28(24)14-16-30-2/h6-13,24H,4-5,14-16H2,1-3H3,(H,26,27). The summed E-state index contributed by atoms with van der Waals surface area (Å²) in [5.74, 6) is 1.53. The van der Waals surface area contributed by atoms with Crippen LogP contribution in [0.4, 0.5) is 0 Å². The van der Waals surface area contributed by atoms with Crippen LogP contribution >= 0.6 is 0 Å². The number of benzene rings is 2. The minimum absolute atomic E-state index is 0.0717. The van der Waals surface area contributed by atoms with Crippen molar-refractivity contribution >= 4 is 5.91 Å². The molecule has 0 saturated heterocycles. The average molecular weight is 436 g/mol. The molecule has 1 N–H and O–H groups in total. The van der Waals surface area contributed by atoms with Crippen LogP contribution in [0, 0.1) is 0 Å². The van der Waals surface area contributed by atoms with Crippen molar-refractivity contribution in [3.8, 4) is 22.8 Å². The highest BCUT2D eigenvalue weighted by atomic mass is 16.5. The molecule has 0 aliphatic carbocycles. The molecule has 1 aliphatic heterocycles.